The number of alkyl halides is 1. The number of allylic oxidation sites excluding steroid dienone is 1. The van der Waals surface area contributed by atoms with Gasteiger partial charge in [0.2, 0.25) is 7.37 Å². The van der Waals surface area contributed by atoms with Gasteiger partial charge in [-0.1, -0.05) is 22.0 Å². The van der Waals surface area contributed by atoms with Gasteiger partial charge < -0.3 is 4.52 Å². The molecule has 1 heterocycles. The van der Waals surface area contributed by atoms with Gasteiger partial charge in [-0.3, -0.25) is 4.57 Å². The maximum absolute atomic E-state index is 11.3. The van der Waals surface area contributed by atoms with Crippen molar-refractivity contribution in [2.75, 3.05) is 13.3 Å². The van der Waals surface area contributed by atoms with Gasteiger partial charge in [-0.05, 0) is 5.82 Å². The summed E-state index contributed by atoms with van der Waals surface area (Å²) in [4.78, 5) is 0.239. The Bertz CT molecular complexity index is 178. The molecule has 0 fully saturated rings. The highest BCUT2D eigenvalue weighted by Crippen LogP contribution is 2.53. The Morgan fingerprint density at radius 3 is 2.78 bits per heavy atom. The van der Waals surface area contributed by atoms with Crippen LogP contribution in [0.2, 0.25) is 0 Å². The van der Waals surface area contributed by atoms with Crippen molar-refractivity contribution >= 4 is 23.3 Å². The van der Waals surface area contributed by atoms with Gasteiger partial charge in [-0.15, -0.1) is 0 Å². The van der Waals surface area contributed by atoms with Gasteiger partial charge in [-0.25, -0.2) is 0 Å². The van der Waals surface area contributed by atoms with Gasteiger partial charge in [0.1, 0.15) is 0 Å². The third-order valence-corrected chi connectivity index (χ3v) is 4.54. The molecule has 1 rings (SSSR count). The Kier molecular flexibility index (Phi) is 2.14. The molecule has 4 heteroatoms. The molecule has 0 amide bonds. The molecule has 0 aromatic carbocycles. The summed E-state index contributed by atoms with van der Waals surface area (Å²) < 4.78 is 16.1. The maximum Gasteiger partial charge on any atom is 0.226 e. The molecule has 0 saturated heterocycles. The summed E-state index contributed by atoms with van der Waals surface area (Å²) in [5.74, 6) is 1.66. The molecule has 0 radical (unpaired) electrons. The first kappa shape index (κ1) is 7.52. The van der Waals surface area contributed by atoms with Crippen LogP contribution < -0.4 is 0 Å². The first-order chi connectivity index (χ1) is 4.16. The van der Waals surface area contributed by atoms with Gasteiger partial charge in [0.05, 0.1) is 0 Å². The Hall–Kier alpha value is 0.410. The second-order valence-electron chi connectivity index (χ2n) is 1.95. The predicted octanol–water partition coefficient (Wildman–Crippen LogP) is 2.20. The minimum atomic E-state index is -2.33. The van der Waals surface area contributed by atoms with E-state index < -0.39 is 7.37 Å². The SMILES string of the molecule is COP1(=O)C=CC(Br)C1. The summed E-state index contributed by atoms with van der Waals surface area (Å²) in [7, 11) is -0.852. The molecule has 9 heavy (non-hydrogen) atoms. The summed E-state index contributed by atoms with van der Waals surface area (Å²) in [5, 5.41) is 0. The fourth-order valence-electron chi connectivity index (χ4n) is 0.725. The fraction of sp³-hybridized carbons (Fsp3) is 0.600. The van der Waals surface area contributed by atoms with E-state index in [0.717, 1.165) is 0 Å². The van der Waals surface area contributed by atoms with E-state index in [1.54, 1.807) is 5.82 Å². The average molecular weight is 211 g/mol. The minimum absolute atomic E-state index is 0.239. The molecule has 0 bridgehead atoms. The Morgan fingerprint density at radius 1 is 1.89 bits per heavy atom. The zero-order chi connectivity index (χ0) is 6.91. The molecule has 0 aliphatic carbocycles. The van der Waals surface area contributed by atoms with Crippen molar-refractivity contribution in [3.63, 3.8) is 0 Å². The molecule has 0 N–H and O–H groups in total. The molecule has 2 nitrogen and oxygen atoms in total. The van der Waals surface area contributed by atoms with Crippen molar-refractivity contribution in [2.45, 2.75) is 4.83 Å². The molecule has 0 spiro atoms. The normalized spacial score (nSPS) is 41.8. The van der Waals surface area contributed by atoms with E-state index in [0.29, 0.717) is 6.16 Å². The van der Waals surface area contributed by atoms with Crippen LogP contribution in [0.15, 0.2) is 11.9 Å². The number of halogens is 1. The van der Waals surface area contributed by atoms with E-state index in [9.17, 15) is 4.57 Å². The van der Waals surface area contributed by atoms with Crippen LogP contribution in [-0.2, 0) is 9.09 Å². The second kappa shape index (κ2) is 2.57. The molecule has 0 aromatic rings. The van der Waals surface area contributed by atoms with Crippen molar-refractivity contribution in [3.05, 3.63) is 11.9 Å². The maximum atomic E-state index is 11.3. The van der Waals surface area contributed by atoms with Crippen molar-refractivity contribution in [3.8, 4) is 0 Å². The van der Waals surface area contributed by atoms with Crippen LogP contribution in [0.25, 0.3) is 0 Å². The third-order valence-electron chi connectivity index (χ3n) is 1.26. The predicted molar refractivity (Wildman–Crippen MR) is 41.3 cm³/mol. The van der Waals surface area contributed by atoms with E-state index >= 15 is 0 Å². The highest BCUT2D eigenvalue weighted by atomic mass is 79.9. The van der Waals surface area contributed by atoms with E-state index in [4.69, 9.17) is 4.52 Å². The lowest BCUT2D eigenvalue weighted by molar-refractivity contribution is 0.404. The van der Waals surface area contributed by atoms with Crippen LogP contribution in [0, 0.1) is 0 Å². The summed E-state index contributed by atoms with van der Waals surface area (Å²) >= 11 is 3.32. The van der Waals surface area contributed by atoms with Gasteiger partial charge in [-0.2, -0.15) is 0 Å². The lowest BCUT2D eigenvalue weighted by Gasteiger charge is -2.05. The third kappa shape index (κ3) is 1.66. The quantitative estimate of drug-likeness (QED) is 0.490. The first-order valence-electron chi connectivity index (χ1n) is 2.64. The number of rotatable bonds is 1. The van der Waals surface area contributed by atoms with Crippen LogP contribution in [0.1, 0.15) is 0 Å². The lowest BCUT2D eigenvalue weighted by atomic mass is 10.5. The Morgan fingerprint density at radius 2 is 2.56 bits per heavy atom. The molecule has 2 atom stereocenters. The molecular formula is C5H8BrO2P. The average Bonchev–Trinajstić information content (AvgIpc) is 2.13. The van der Waals surface area contributed by atoms with Gasteiger partial charge in [0.15, 0.2) is 0 Å². The Labute approximate surface area is 62.9 Å². The zero-order valence-corrected chi connectivity index (χ0v) is 7.56. The highest BCUT2D eigenvalue weighted by molar-refractivity contribution is 9.09. The van der Waals surface area contributed by atoms with Crippen molar-refractivity contribution in [1.29, 1.82) is 0 Å². The standard InChI is InChI=1S/C5H8BrO2P/c1-8-9(7)3-2-5(6)4-9/h2-3,5H,4H2,1H3. The molecule has 2 unspecified atom stereocenters. The minimum Gasteiger partial charge on any atom is -0.329 e. The van der Waals surface area contributed by atoms with Crippen LogP contribution >= 0.6 is 23.3 Å². The second-order valence-corrected chi connectivity index (χ2v) is 5.61. The number of hydrogen-bond donors (Lipinski definition) is 0. The van der Waals surface area contributed by atoms with Crippen molar-refractivity contribution in [2.24, 2.45) is 0 Å². The van der Waals surface area contributed by atoms with Crippen LogP contribution in [-0.4, -0.2) is 18.1 Å². The van der Waals surface area contributed by atoms with Crippen LogP contribution in [0.5, 0.6) is 0 Å². The van der Waals surface area contributed by atoms with E-state index in [2.05, 4.69) is 15.9 Å². The van der Waals surface area contributed by atoms with Gasteiger partial charge in [0.25, 0.3) is 0 Å². The highest BCUT2D eigenvalue weighted by Gasteiger charge is 2.26. The van der Waals surface area contributed by atoms with E-state index in [1.165, 1.54) is 7.11 Å². The van der Waals surface area contributed by atoms with Gasteiger partial charge in [0, 0.05) is 18.1 Å². The lowest BCUT2D eigenvalue weighted by Crippen LogP contribution is -1.93. The largest absolute Gasteiger partial charge is 0.329 e. The topological polar surface area (TPSA) is 26.3 Å². The smallest absolute Gasteiger partial charge is 0.226 e. The monoisotopic (exact) mass is 210 g/mol. The molecule has 1 aliphatic rings. The van der Waals surface area contributed by atoms with Gasteiger partial charge >= 0.3 is 0 Å². The molecule has 52 valence electrons. The van der Waals surface area contributed by atoms with E-state index in [-0.39, 0.29) is 4.83 Å². The van der Waals surface area contributed by atoms with Crippen molar-refractivity contribution < 1.29 is 9.09 Å². The summed E-state index contributed by atoms with van der Waals surface area (Å²) in [6.07, 6.45) is 2.47. The van der Waals surface area contributed by atoms with Crippen LogP contribution in [0.3, 0.4) is 0 Å². The summed E-state index contributed by atoms with van der Waals surface area (Å²) in [6.45, 7) is 0. The van der Waals surface area contributed by atoms with E-state index in [1.807, 2.05) is 6.08 Å². The molecule has 1 aliphatic heterocycles. The molecular weight excluding hydrogens is 203 g/mol. The number of hydrogen-bond acceptors (Lipinski definition) is 2. The molecule has 0 aromatic heterocycles. The molecule has 0 saturated carbocycles. The zero-order valence-electron chi connectivity index (χ0n) is 5.08. The van der Waals surface area contributed by atoms with Crippen molar-refractivity contribution in [1.82, 2.24) is 0 Å². The fourth-order valence-corrected chi connectivity index (χ4v) is 3.79. The summed E-state index contributed by atoms with van der Waals surface area (Å²) in [6, 6.07) is 0. The Balaban J connectivity index is 2.69. The summed E-state index contributed by atoms with van der Waals surface area (Å²) in [5.41, 5.74) is 0. The first-order valence-corrected chi connectivity index (χ1v) is 5.44. The van der Waals surface area contributed by atoms with Crippen LogP contribution in [0.4, 0.5) is 0 Å².